The van der Waals surface area contributed by atoms with Crippen LogP contribution in [0.15, 0.2) is 47.6 Å². The lowest BCUT2D eigenvalue weighted by Gasteiger charge is -2.40. The molecule has 1 N–H and O–H groups in total. The maximum atomic E-state index is 14.3. The molecule has 1 spiro atoms. The molecule has 4 rings (SSSR count). The third kappa shape index (κ3) is 5.37. The van der Waals surface area contributed by atoms with Crippen molar-refractivity contribution in [2.75, 3.05) is 20.1 Å². The van der Waals surface area contributed by atoms with Crippen LogP contribution in [0.25, 0.3) is 0 Å². The van der Waals surface area contributed by atoms with E-state index < -0.39 is 58.1 Å². The van der Waals surface area contributed by atoms with Crippen molar-refractivity contribution >= 4 is 23.4 Å². The molecule has 2 aliphatic rings. The summed E-state index contributed by atoms with van der Waals surface area (Å²) in [7, 11) is 1.52. The quantitative estimate of drug-likeness (QED) is 0.566. The fourth-order valence-corrected chi connectivity index (χ4v) is 5.01. The van der Waals surface area contributed by atoms with Gasteiger partial charge in [0.15, 0.2) is 0 Å². The van der Waals surface area contributed by atoms with Gasteiger partial charge >= 0.3 is 6.18 Å². The Bertz CT molecular complexity index is 1320. The number of nitrogens with zero attached hydrogens (tertiary/aromatic N) is 3. The average Bonchev–Trinajstić information content (AvgIpc) is 3.12. The first-order valence-electron chi connectivity index (χ1n) is 12.3. The minimum absolute atomic E-state index is 0.135. The van der Waals surface area contributed by atoms with Gasteiger partial charge in [-0.1, -0.05) is 26.0 Å². The summed E-state index contributed by atoms with van der Waals surface area (Å²) in [5.41, 5.74) is -1.95. The Morgan fingerprint density at radius 3 is 2.21 bits per heavy atom. The molecule has 2 aromatic rings. The first-order valence-corrected chi connectivity index (χ1v) is 12.3. The zero-order chi connectivity index (χ0) is 28.7. The largest absolute Gasteiger partial charge is 0.416 e. The number of rotatable bonds is 5. The molecule has 1 saturated heterocycles. The number of carbonyl (C=O) groups excluding carboxylic acids is 3. The number of piperidine rings is 1. The van der Waals surface area contributed by atoms with Crippen molar-refractivity contribution in [3.05, 3.63) is 70.8 Å². The molecule has 3 amide bonds. The lowest BCUT2D eigenvalue weighted by atomic mass is 9.72. The molecule has 1 unspecified atom stereocenters. The fourth-order valence-electron chi connectivity index (χ4n) is 5.01. The predicted octanol–water partition coefficient (Wildman–Crippen LogP) is 4.22. The molecule has 0 saturated carbocycles. The van der Waals surface area contributed by atoms with Crippen molar-refractivity contribution in [3.63, 3.8) is 0 Å². The summed E-state index contributed by atoms with van der Waals surface area (Å²) in [5.74, 6) is -3.94. The van der Waals surface area contributed by atoms with Crippen molar-refractivity contribution in [3.8, 4) is 0 Å². The summed E-state index contributed by atoms with van der Waals surface area (Å²) in [6.07, 6.45) is -4.33. The molecular formula is C27H27F5N4O3. The summed E-state index contributed by atoms with van der Waals surface area (Å²) in [6, 6.07) is 5.99. The Balaban J connectivity index is 1.51. The second-order valence-electron chi connectivity index (χ2n) is 10.1. The highest BCUT2D eigenvalue weighted by Crippen LogP contribution is 2.41. The zero-order valence-corrected chi connectivity index (χ0v) is 21.5. The summed E-state index contributed by atoms with van der Waals surface area (Å²) < 4.78 is 67.0. The van der Waals surface area contributed by atoms with E-state index in [4.69, 9.17) is 0 Å². The first-order chi connectivity index (χ1) is 18.2. The van der Waals surface area contributed by atoms with Gasteiger partial charge in [-0.25, -0.2) is 13.8 Å². The number of hydrogen-bond acceptors (Lipinski definition) is 4. The normalized spacial score (nSPS) is 18.0. The van der Waals surface area contributed by atoms with Gasteiger partial charge in [-0.05, 0) is 54.7 Å². The lowest BCUT2D eigenvalue weighted by molar-refractivity contribution is -0.142. The van der Waals surface area contributed by atoms with Gasteiger partial charge in [0.25, 0.3) is 11.8 Å². The molecule has 0 aliphatic carbocycles. The van der Waals surface area contributed by atoms with Gasteiger partial charge in [-0.2, -0.15) is 18.3 Å². The van der Waals surface area contributed by atoms with Crippen LogP contribution >= 0.6 is 0 Å². The van der Waals surface area contributed by atoms with Crippen molar-refractivity contribution in [1.82, 2.24) is 15.2 Å². The number of nitrogens with one attached hydrogen (secondary N) is 1. The number of halogens is 5. The summed E-state index contributed by atoms with van der Waals surface area (Å²) in [4.78, 5) is 40.8. The highest BCUT2D eigenvalue weighted by molar-refractivity contribution is 6.19. The molecule has 0 bridgehead atoms. The molecule has 0 radical (unpaired) electrons. The van der Waals surface area contributed by atoms with E-state index in [-0.39, 0.29) is 31.8 Å². The van der Waals surface area contributed by atoms with Crippen LogP contribution in [0.4, 0.5) is 22.0 Å². The minimum atomic E-state index is -4.78. The van der Waals surface area contributed by atoms with Gasteiger partial charge in [0, 0.05) is 20.1 Å². The third-order valence-corrected chi connectivity index (χ3v) is 7.21. The van der Waals surface area contributed by atoms with Gasteiger partial charge in [-0.3, -0.25) is 14.4 Å². The minimum Gasteiger partial charge on any atom is -0.341 e. The smallest absolute Gasteiger partial charge is 0.341 e. The predicted molar refractivity (Wildman–Crippen MR) is 131 cm³/mol. The monoisotopic (exact) mass is 550 g/mol. The molecule has 1 fully saturated rings. The molecule has 2 aromatic carbocycles. The Kier molecular flexibility index (Phi) is 7.50. The molecule has 2 aliphatic heterocycles. The van der Waals surface area contributed by atoms with Crippen LogP contribution in [0.2, 0.25) is 0 Å². The molecule has 1 atom stereocenters. The van der Waals surface area contributed by atoms with Gasteiger partial charge in [0.05, 0.1) is 22.3 Å². The first kappa shape index (κ1) is 28.2. The van der Waals surface area contributed by atoms with Crippen molar-refractivity contribution in [1.29, 1.82) is 0 Å². The summed E-state index contributed by atoms with van der Waals surface area (Å²) in [5, 5.41) is 8.01. The van der Waals surface area contributed by atoms with Gasteiger partial charge in [0.1, 0.15) is 17.7 Å². The molecular weight excluding hydrogens is 523 g/mol. The number of carbonyl (C=O) groups is 3. The Morgan fingerprint density at radius 1 is 1.03 bits per heavy atom. The second kappa shape index (κ2) is 10.4. The number of amides is 3. The van der Waals surface area contributed by atoms with Crippen LogP contribution < -0.4 is 5.32 Å². The van der Waals surface area contributed by atoms with E-state index in [0.717, 1.165) is 0 Å². The Morgan fingerprint density at radius 2 is 1.64 bits per heavy atom. The van der Waals surface area contributed by atoms with Crippen molar-refractivity contribution in [2.45, 2.75) is 38.9 Å². The van der Waals surface area contributed by atoms with Crippen LogP contribution in [0, 0.1) is 23.0 Å². The van der Waals surface area contributed by atoms with E-state index in [1.807, 2.05) is 0 Å². The second-order valence-corrected chi connectivity index (χ2v) is 10.1. The average molecular weight is 551 g/mol. The molecule has 39 heavy (non-hydrogen) atoms. The zero-order valence-electron chi connectivity index (χ0n) is 21.5. The standard InChI is InChI=1S/C27H27F5N4O3/c1-15(2)21(33-23(37)19-14-17(27(30,31)32)6-9-20(19)29)24(38)36-12-10-26(11-13-36)22(34-35(3)25(26)39)16-4-7-18(28)8-5-16/h4-9,14-15,21H,10-13H2,1-3H3,(H,33,37). The van der Waals surface area contributed by atoms with Crippen LogP contribution in [0.1, 0.15) is 48.2 Å². The number of benzene rings is 2. The summed E-state index contributed by atoms with van der Waals surface area (Å²) >= 11 is 0. The molecule has 208 valence electrons. The van der Waals surface area contributed by atoms with E-state index in [1.165, 1.54) is 41.2 Å². The highest BCUT2D eigenvalue weighted by Gasteiger charge is 2.52. The number of alkyl halides is 3. The topological polar surface area (TPSA) is 82.1 Å². The Labute approximate surface area is 221 Å². The van der Waals surface area contributed by atoms with Gasteiger partial charge in [0.2, 0.25) is 5.91 Å². The van der Waals surface area contributed by atoms with E-state index in [0.29, 0.717) is 29.5 Å². The molecule has 7 nitrogen and oxygen atoms in total. The number of likely N-dealkylation sites (tertiary alicyclic amines) is 1. The lowest BCUT2D eigenvalue weighted by Crippen LogP contribution is -2.56. The van der Waals surface area contributed by atoms with Crippen LogP contribution in [0.5, 0.6) is 0 Å². The van der Waals surface area contributed by atoms with Crippen molar-refractivity contribution < 1.29 is 36.3 Å². The third-order valence-electron chi connectivity index (χ3n) is 7.21. The van der Waals surface area contributed by atoms with E-state index in [9.17, 15) is 36.3 Å². The van der Waals surface area contributed by atoms with E-state index in [2.05, 4.69) is 10.4 Å². The Hall–Kier alpha value is -3.83. The van der Waals surface area contributed by atoms with Gasteiger partial charge < -0.3 is 10.2 Å². The molecule has 0 aromatic heterocycles. The SMILES string of the molecule is CC(C)C(NC(=O)c1cc(C(F)(F)F)ccc1F)C(=O)N1CCC2(CC1)C(=O)N(C)N=C2c1ccc(F)cc1. The fraction of sp³-hybridized carbons (Fsp3) is 0.407. The summed E-state index contributed by atoms with van der Waals surface area (Å²) in [6.45, 7) is 3.56. The number of hydrazone groups is 1. The van der Waals surface area contributed by atoms with Crippen molar-refractivity contribution in [2.24, 2.45) is 16.4 Å². The maximum absolute atomic E-state index is 14.3. The van der Waals surface area contributed by atoms with Crippen LogP contribution in [-0.4, -0.2) is 59.5 Å². The molecule has 12 heteroatoms. The van der Waals surface area contributed by atoms with E-state index >= 15 is 0 Å². The number of hydrogen-bond donors (Lipinski definition) is 1. The van der Waals surface area contributed by atoms with E-state index in [1.54, 1.807) is 13.8 Å². The molecule has 2 heterocycles. The van der Waals surface area contributed by atoms with Crippen LogP contribution in [-0.2, 0) is 15.8 Å². The maximum Gasteiger partial charge on any atom is 0.416 e. The van der Waals surface area contributed by atoms with Crippen LogP contribution in [0.3, 0.4) is 0 Å². The van der Waals surface area contributed by atoms with Gasteiger partial charge in [-0.15, -0.1) is 0 Å². The highest BCUT2D eigenvalue weighted by atomic mass is 19.4.